The van der Waals surface area contributed by atoms with Crippen molar-refractivity contribution in [1.29, 1.82) is 0 Å². The van der Waals surface area contributed by atoms with Crippen LogP contribution in [0.4, 0.5) is 4.39 Å². The van der Waals surface area contributed by atoms with Crippen LogP contribution in [-0.2, 0) is 0 Å². The molecule has 94 valence electrons. The normalized spacial score (nSPS) is 12.5. The van der Waals surface area contributed by atoms with Crippen LogP contribution >= 0.6 is 0 Å². The third kappa shape index (κ3) is 2.41. The molecule has 1 atom stereocenters. The molecule has 0 aliphatic heterocycles. The summed E-state index contributed by atoms with van der Waals surface area (Å²) in [5.41, 5.74) is 3.94. The van der Waals surface area contributed by atoms with Crippen molar-refractivity contribution in [3.8, 4) is 0 Å². The van der Waals surface area contributed by atoms with Gasteiger partial charge in [0.05, 0.1) is 5.69 Å². The molecule has 3 heteroatoms. The van der Waals surface area contributed by atoms with Gasteiger partial charge in [0.1, 0.15) is 11.9 Å². The van der Waals surface area contributed by atoms with E-state index in [1.165, 1.54) is 12.1 Å². The number of hydrogen-bond acceptors (Lipinski definition) is 2. The average Bonchev–Trinajstić information content (AvgIpc) is 2.31. The molecule has 0 amide bonds. The molecule has 2 nitrogen and oxygen atoms in total. The summed E-state index contributed by atoms with van der Waals surface area (Å²) in [7, 11) is 0. The van der Waals surface area contributed by atoms with E-state index in [4.69, 9.17) is 0 Å². The van der Waals surface area contributed by atoms with Crippen LogP contribution in [0.1, 0.15) is 34.1 Å². The number of rotatable bonds is 2. The van der Waals surface area contributed by atoms with Crippen molar-refractivity contribution in [2.45, 2.75) is 26.9 Å². The van der Waals surface area contributed by atoms with Gasteiger partial charge >= 0.3 is 0 Å². The van der Waals surface area contributed by atoms with E-state index in [1.807, 2.05) is 26.8 Å². The third-order valence-electron chi connectivity index (χ3n) is 3.05. The van der Waals surface area contributed by atoms with Crippen LogP contribution in [0.3, 0.4) is 0 Å². The maximum atomic E-state index is 13.3. The number of nitrogens with zero attached hydrogens (tertiary/aromatic N) is 1. The number of benzene rings is 1. The highest BCUT2D eigenvalue weighted by Gasteiger charge is 2.17. The summed E-state index contributed by atoms with van der Waals surface area (Å²) < 4.78 is 13.3. The van der Waals surface area contributed by atoms with Crippen LogP contribution in [0.2, 0.25) is 0 Å². The molecule has 0 spiro atoms. The molecule has 0 bridgehead atoms. The van der Waals surface area contributed by atoms with E-state index in [2.05, 4.69) is 4.98 Å². The molecule has 0 saturated heterocycles. The Morgan fingerprint density at radius 3 is 2.50 bits per heavy atom. The van der Waals surface area contributed by atoms with Gasteiger partial charge in [0.25, 0.3) is 0 Å². The first kappa shape index (κ1) is 12.7. The lowest BCUT2D eigenvalue weighted by Crippen LogP contribution is -2.07. The lowest BCUT2D eigenvalue weighted by molar-refractivity contribution is 0.213. The largest absolute Gasteiger partial charge is 0.382 e. The van der Waals surface area contributed by atoms with Gasteiger partial charge in [-0.3, -0.25) is 4.98 Å². The van der Waals surface area contributed by atoms with E-state index < -0.39 is 6.10 Å². The zero-order valence-corrected chi connectivity index (χ0v) is 10.7. The highest BCUT2D eigenvalue weighted by atomic mass is 19.1. The fourth-order valence-corrected chi connectivity index (χ4v) is 2.07. The Balaban J connectivity index is 2.47. The summed E-state index contributed by atoms with van der Waals surface area (Å²) in [5, 5.41) is 10.3. The Morgan fingerprint density at radius 2 is 1.83 bits per heavy atom. The monoisotopic (exact) mass is 245 g/mol. The highest BCUT2D eigenvalue weighted by Crippen LogP contribution is 2.26. The number of hydrogen-bond donors (Lipinski definition) is 1. The van der Waals surface area contributed by atoms with Gasteiger partial charge in [0, 0.05) is 6.20 Å². The molecule has 1 aromatic heterocycles. The molecular formula is C15H16FNO. The predicted molar refractivity (Wildman–Crippen MR) is 68.9 cm³/mol. The van der Waals surface area contributed by atoms with Crippen LogP contribution < -0.4 is 0 Å². The Kier molecular flexibility index (Phi) is 3.43. The summed E-state index contributed by atoms with van der Waals surface area (Å²) in [6.07, 6.45) is 0.821. The van der Waals surface area contributed by atoms with E-state index >= 15 is 0 Å². The topological polar surface area (TPSA) is 33.1 Å². The SMILES string of the molecule is Cc1cnc(C(O)c2cc(F)ccc2C)c(C)c1. The van der Waals surface area contributed by atoms with Crippen LogP contribution in [0.15, 0.2) is 30.5 Å². The fraction of sp³-hybridized carbons (Fsp3) is 0.267. The molecule has 0 saturated carbocycles. The Labute approximate surface area is 106 Å². The van der Waals surface area contributed by atoms with Gasteiger partial charge in [0.15, 0.2) is 0 Å². The molecule has 2 aromatic rings. The highest BCUT2D eigenvalue weighted by molar-refractivity contribution is 5.36. The molecule has 0 fully saturated rings. The molecule has 18 heavy (non-hydrogen) atoms. The van der Waals surface area contributed by atoms with Gasteiger partial charge in [-0.25, -0.2) is 4.39 Å². The molecule has 2 rings (SSSR count). The number of aliphatic hydroxyl groups is 1. The molecule has 0 radical (unpaired) electrons. The molecule has 1 unspecified atom stereocenters. The van der Waals surface area contributed by atoms with Crippen LogP contribution in [0, 0.1) is 26.6 Å². The van der Waals surface area contributed by atoms with Crippen LogP contribution in [0.25, 0.3) is 0 Å². The summed E-state index contributed by atoms with van der Waals surface area (Å²) in [6, 6.07) is 6.37. The lowest BCUT2D eigenvalue weighted by atomic mass is 9.98. The minimum Gasteiger partial charge on any atom is -0.382 e. The van der Waals surface area contributed by atoms with Gasteiger partial charge in [-0.2, -0.15) is 0 Å². The van der Waals surface area contributed by atoms with E-state index in [-0.39, 0.29) is 5.82 Å². The Hall–Kier alpha value is -1.74. The molecule has 0 aliphatic rings. The van der Waals surface area contributed by atoms with Gasteiger partial charge in [-0.05, 0) is 55.2 Å². The van der Waals surface area contributed by atoms with E-state index in [9.17, 15) is 9.50 Å². The van der Waals surface area contributed by atoms with E-state index in [0.717, 1.165) is 16.7 Å². The fourth-order valence-electron chi connectivity index (χ4n) is 2.07. The number of aliphatic hydroxyl groups excluding tert-OH is 1. The van der Waals surface area contributed by atoms with Gasteiger partial charge in [0.2, 0.25) is 0 Å². The number of aryl methyl sites for hydroxylation is 3. The number of aromatic nitrogens is 1. The van der Waals surface area contributed by atoms with Gasteiger partial charge in [-0.1, -0.05) is 12.1 Å². The molecule has 0 aliphatic carbocycles. The second kappa shape index (κ2) is 4.86. The minimum absolute atomic E-state index is 0.348. The van der Waals surface area contributed by atoms with Gasteiger partial charge in [-0.15, -0.1) is 0 Å². The molecular weight excluding hydrogens is 229 g/mol. The Morgan fingerprint density at radius 1 is 1.11 bits per heavy atom. The smallest absolute Gasteiger partial charge is 0.123 e. The standard InChI is InChI=1S/C15H16FNO/c1-9-6-11(3)14(17-8-9)15(18)13-7-12(16)5-4-10(13)2/h4-8,15,18H,1-3H3. The maximum Gasteiger partial charge on any atom is 0.123 e. The van der Waals surface area contributed by atoms with E-state index in [0.29, 0.717) is 11.3 Å². The van der Waals surface area contributed by atoms with Crippen molar-refractivity contribution in [2.75, 3.05) is 0 Å². The van der Waals surface area contributed by atoms with Crippen molar-refractivity contribution >= 4 is 0 Å². The molecule has 1 N–H and O–H groups in total. The third-order valence-corrected chi connectivity index (χ3v) is 3.05. The molecule has 1 heterocycles. The summed E-state index contributed by atoms with van der Waals surface area (Å²) >= 11 is 0. The zero-order chi connectivity index (χ0) is 13.3. The van der Waals surface area contributed by atoms with Crippen molar-refractivity contribution in [1.82, 2.24) is 4.98 Å². The average molecular weight is 245 g/mol. The molecule has 1 aromatic carbocycles. The maximum absolute atomic E-state index is 13.3. The van der Waals surface area contributed by atoms with Crippen molar-refractivity contribution in [3.05, 3.63) is 64.2 Å². The first-order valence-electron chi connectivity index (χ1n) is 5.86. The van der Waals surface area contributed by atoms with Crippen LogP contribution in [-0.4, -0.2) is 10.1 Å². The quantitative estimate of drug-likeness (QED) is 0.881. The van der Waals surface area contributed by atoms with Crippen molar-refractivity contribution in [3.63, 3.8) is 0 Å². The van der Waals surface area contributed by atoms with E-state index in [1.54, 1.807) is 12.3 Å². The summed E-state index contributed by atoms with van der Waals surface area (Å²) in [6.45, 7) is 5.69. The summed E-state index contributed by atoms with van der Waals surface area (Å²) in [4.78, 5) is 4.25. The predicted octanol–water partition coefficient (Wildman–Crippen LogP) is 3.23. The second-order valence-corrected chi connectivity index (χ2v) is 4.62. The Bertz CT molecular complexity index is 581. The number of pyridine rings is 1. The van der Waals surface area contributed by atoms with Crippen LogP contribution in [0.5, 0.6) is 0 Å². The summed E-state index contributed by atoms with van der Waals surface area (Å²) in [5.74, 6) is -0.348. The first-order chi connectivity index (χ1) is 8.49. The lowest BCUT2D eigenvalue weighted by Gasteiger charge is -2.15. The number of halogens is 1. The van der Waals surface area contributed by atoms with Gasteiger partial charge < -0.3 is 5.11 Å². The van der Waals surface area contributed by atoms with Crippen molar-refractivity contribution in [2.24, 2.45) is 0 Å². The minimum atomic E-state index is -0.888. The first-order valence-corrected chi connectivity index (χ1v) is 5.86. The second-order valence-electron chi connectivity index (χ2n) is 4.62. The zero-order valence-electron chi connectivity index (χ0n) is 10.7. The van der Waals surface area contributed by atoms with Crippen molar-refractivity contribution < 1.29 is 9.50 Å².